The number of benzene rings is 2. The van der Waals surface area contributed by atoms with Crippen LogP contribution in [0.4, 0.5) is 0 Å². The number of hydrogen-bond donors (Lipinski definition) is 0. The SMILES string of the molecule is Cc1cc(C)c(C(=O)OCc2ccccc2Cl)c(C)c1. The lowest BCUT2D eigenvalue weighted by Crippen LogP contribution is -2.09. The molecule has 0 atom stereocenters. The van der Waals surface area contributed by atoms with Gasteiger partial charge in [0.1, 0.15) is 6.61 Å². The molecule has 2 rings (SSSR count). The third-order valence-electron chi connectivity index (χ3n) is 3.20. The number of hydrogen-bond acceptors (Lipinski definition) is 2. The van der Waals surface area contributed by atoms with E-state index in [0.29, 0.717) is 10.6 Å². The van der Waals surface area contributed by atoms with Gasteiger partial charge in [-0.1, -0.05) is 47.5 Å². The lowest BCUT2D eigenvalue weighted by molar-refractivity contribution is 0.0471. The van der Waals surface area contributed by atoms with Crippen LogP contribution in [0, 0.1) is 20.8 Å². The molecule has 0 aliphatic rings. The summed E-state index contributed by atoms with van der Waals surface area (Å²) < 4.78 is 5.37. The fourth-order valence-electron chi connectivity index (χ4n) is 2.33. The quantitative estimate of drug-likeness (QED) is 0.770. The van der Waals surface area contributed by atoms with Gasteiger partial charge in [-0.05, 0) is 38.0 Å². The second-order valence-electron chi connectivity index (χ2n) is 4.94. The molecule has 0 saturated heterocycles. The summed E-state index contributed by atoms with van der Waals surface area (Å²) in [5.41, 5.74) is 4.47. The van der Waals surface area contributed by atoms with E-state index in [4.69, 9.17) is 16.3 Å². The highest BCUT2D eigenvalue weighted by atomic mass is 35.5. The molecule has 0 N–H and O–H groups in total. The van der Waals surface area contributed by atoms with Gasteiger partial charge in [0.25, 0.3) is 0 Å². The van der Waals surface area contributed by atoms with Gasteiger partial charge < -0.3 is 4.74 Å². The zero-order valence-corrected chi connectivity index (χ0v) is 12.6. The number of aryl methyl sites for hydroxylation is 3. The van der Waals surface area contributed by atoms with E-state index in [-0.39, 0.29) is 12.6 Å². The molecule has 20 heavy (non-hydrogen) atoms. The molecular weight excluding hydrogens is 272 g/mol. The fourth-order valence-corrected chi connectivity index (χ4v) is 2.52. The molecule has 0 heterocycles. The maximum atomic E-state index is 12.2. The largest absolute Gasteiger partial charge is 0.457 e. The summed E-state index contributed by atoms with van der Waals surface area (Å²) in [6, 6.07) is 11.3. The van der Waals surface area contributed by atoms with Crippen LogP contribution in [0.1, 0.15) is 32.6 Å². The van der Waals surface area contributed by atoms with Gasteiger partial charge in [0.2, 0.25) is 0 Å². The zero-order valence-electron chi connectivity index (χ0n) is 11.9. The van der Waals surface area contributed by atoms with Crippen molar-refractivity contribution in [2.24, 2.45) is 0 Å². The van der Waals surface area contributed by atoms with Crippen molar-refractivity contribution in [3.8, 4) is 0 Å². The van der Waals surface area contributed by atoms with E-state index in [1.807, 2.05) is 51.1 Å². The molecule has 0 aliphatic carbocycles. The van der Waals surface area contributed by atoms with Crippen LogP contribution in [0.5, 0.6) is 0 Å². The van der Waals surface area contributed by atoms with Crippen molar-refractivity contribution in [2.75, 3.05) is 0 Å². The van der Waals surface area contributed by atoms with Crippen LogP contribution in [0.2, 0.25) is 5.02 Å². The van der Waals surface area contributed by atoms with Crippen molar-refractivity contribution in [2.45, 2.75) is 27.4 Å². The van der Waals surface area contributed by atoms with E-state index in [9.17, 15) is 4.79 Å². The highest BCUT2D eigenvalue weighted by Gasteiger charge is 2.14. The summed E-state index contributed by atoms with van der Waals surface area (Å²) in [6.45, 7) is 6.04. The van der Waals surface area contributed by atoms with Crippen molar-refractivity contribution < 1.29 is 9.53 Å². The number of rotatable bonds is 3. The molecule has 0 aromatic heterocycles. The molecule has 0 radical (unpaired) electrons. The van der Waals surface area contributed by atoms with Crippen LogP contribution in [0.25, 0.3) is 0 Å². The van der Waals surface area contributed by atoms with Crippen LogP contribution in [-0.4, -0.2) is 5.97 Å². The Morgan fingerprint density at radius 1 is 1.10 bits per heavy atom. The Hall–Kier alpha value is -1.80. The Balaban J connectivity index is 2.16. The molecule has 104 valence electrons. The van der Waals surface area contributed by atoms with Gasteiger partial charge in [-0.25, -0.2) is 4.79 Å². The van der Waals surface area contributed by atoms with Gasteiger partial charge in [-0.15, -0.1) is 0 Å². The Morgan fingerprint density at radius 3 is 2.30 bits per heavy atom. The maximum Gasteiger partial charge on any atom is 0.339 e. The number of halogens is 1. The minimum absolute atomic E-state index is 0.186. The van der Waals surface area contributed by atoms with Crippen molar-refractivity contribution in [1.29, 1.82) is 0 Å². The molecule has 2 nitrogen and oxygen atoms in total. The summed E-state index contributed by atoms with van der Waals surface area (Å²) in [6.07, 6.45) is 0. The second-order valence-corrected chi connectivity index (χ2v) is 5.35. The van der Waals surface area contributed by atoms with Gasteiger partial charge >= 0.3 is 5.97 Å². The molecule has 0 aliphatic heterocycles. The third kappa shape index (κ3) is 3.20. The zero-order chi connectivity index (χ0) is 14.7. The van der Waals surface area contributed by atoms with Crippen LogP contribution in [0.15, 0.2) is 36.4 Å². The van der Waals surface area contributed by atoms with E-state index in [2.05, 4.69) is 0 Å². The highest BCUT2D eigenvalue weighted by molar-refractivity contribution is 6.31. The molecule has 0 fully saturated rings. The molecule has 0 amide bonds. The first-order chi connectivity index (χ1) is 9.49. The Bertz CT molecular complexity index is 624. The normalized spacial score (nSPS) is 10.4. The van der Waals surface area contributed by atoms with E-state index in [1.54, 1.807) is 6.07 Å². The van der Waals surface area contributed by atoms with Crippen LogP contribution in [-0.2, 0) is 11.3 Å². The predicted octanol–water partition coefficient (Wildman–Crippen LogP) is 4.62. The molecule has 2 aromatic rings. The fraction of sp³-hybridized carbons (Fsp3) is 0.235. The molecule has 0 spiro atoms. The van der Waals surface area contributed by atoms with Crippen LogP contribution >= 0.6 is 11.6 Å². The van der Waals surface area contributed by atoms with E-state index in [1.165, 1.54) is 0 Å². The summed E-state index contributed by atoms with van der Waals surface area (Å²) >= 11 is 6.05. The molecule has 0 unspecified atom stereocenters. The highest BCUT2D eigenvalue weighted by Crippen LogP contribution is 2.20. The van der Waals surface area contributed by atoms with Crippen LogP contribution < -0.4 is 0 Å². The summed E-state index contributed by atoms with van der Waals surface area (Å²) in [4.78, 5) is 12.2. The van der Waals surface area contributed by atoms with Crippen molar-refractivity contribution in [3.05, 3.63) is 69.2 Å². The number of esters is 1. The van der Waals surface area contributed by atoms with E-state index >= 15 is 0 Å². The first-order valence-corrected chi connectivity index (χ1v) is 6.85. The van der Waals surface area contributed by atoms with E-state index in [0.717, 1.165) is 22.3 Å². The summed E-state index contributed by atoms with van der Waals surface area (Å²) in [5.74, 6) is -0.306. The second kappa shape index (κ2) is 6.10. The Morgan fingerprint density at radius 2 is 1.70 bits per heavy atom. The molecule has 2 aromatic carbocycles. The van der Waals surface area contributed by atoms with E-state index < -0.39 is 0 Å². The predicted molar refractivity (Wildman–Crippen MR) is 81.2 cm³/mol. The lowest BCUT2D eigenvalue weighted by Gasteiger charge is -2.11. The topological polar surface area (TPSA) is 26.3 Å². The van der Waals surface area contributed by atoms with Gasteiger partial charge in [-0.2, -0.15) is 0 Å². The summed E-state index contributed by atoms with van der Waals surface area (Å²) in [7, 11) is 0. The molecule has 3 heteroatoms. The smallest absolute Gasteiger partial charge is 0.339 e. The van der Waals surface area contributed by atoms with Gasteiger partial charge in [0.05, 0.1) is 5.56 Å². The molecule has 0 saturated carbocycles. The maximum absolute atomic E-state index is 12.2. The standard InChI is InChI=1S/C17H17ClO2/c1-11-8-12(2)16(13(3)9-11)17(19)20-10-14-6-4-5-7-15(14)18/h4-9H,10H2,1-3H3. The van der Waals surface area contributed by atoms with Crippen molar-refractivity contribution in [1.82, 2.24) is 0 Å². The Kier molecular flexibility index (Phi) is 4.46. The third-order valence-corrected chi connectivity index (χ3v) is 3.57. The minimum Gasteiger partial charge on any atom is -0.457 e. The first kappa shape index (κ1) is 14.6. The summed E-state index contributed by atoms with van der Waals surface area (Å²) in [5, 5.41) is 0.609. The Labute approximate surface area is 124 Å². The molecule has 0 bridgehead atoms. The lowest BCUT2D eigenvalue weighted by atomic mass is 10.00. The number of ether oxygens (including phenoxy) is 1. The van der Waals surface area contributed by atoms with Gasteiger partial charge in [0, 0.05) is 10.6 Å². The number of carbonyl (C=O) groups excluding carboxylic acids is 1. The molecular formula is C17H17ClO2. The number of carbonyl (C=O) groups is 1. The van der Waals surface area contributed by atoms with Gasteiger partial charge in [-0.3, -0.25) is 0 Å². The van der Waals surface area contributed by atoms with Crippen LogP contribution in [0.3, 0.4) is 0 Å². The monoisotopic (exact) mass is 288 g/mol. The van der Waals surface area contributed by atoms with Gasteiger partial charge in [0.15, 0.2) is 0 Å². The first-order valence-electron chi connectivity index (χ1n) is 6.47. The average Bonchev–Trinajstić information content (AvgIpc) is 2.36. The van der Waals surface area contributed by atoms with Crippen molar-refractivity contribution in [3.63, 3.8) is 0 Å². The minimum atomic E-state index is -0.306. The average molecular weight is 289 g/mol. The van der Waals surface area contributed by atoms with Crippen molar-refractivity contribution >= 4 is 17.6 Å².